The van der Waals surface area contributed by atoms with E-state index in [2.05, 4.69) is 5.32 Å². The average Bonchev–Trinajstić information content (AvgIpc) is 2.42. The van der Waals surface area contributed by atoms with Gasteiger partial charge in [0.15, 0.2) is 5.82 Å². The second-order valence-electron chi connectivity index (χ2n) is 4.47. The molecule has 0 radical (unpaired) electrons. The first-order valence-electron chi connectivity index (χ1n) is 5.92. The SMILES string of the molecule is Cc1cc(C(=O)Nc2c(F)ccc(C)c2F)ccc1F. The highest BCUT2D eigenvalue weighted by Crippen LogP contribution is 2.22. The predicted octanol–water partition coefficient (Wildman–Crippen LogP) is 3.97. The first-order valence-corrected chi connectivity index (χ1v) is 5.92. The van der Waals surface area contributed by atoms with Gasteiger partial charge in [0.1, 0.15) is 17.3 Å². The molecule has 104 valence electrons. The van der Waals surface area contributed by atoms with Gasteiger partial charge in [-0.2, -0.15) is 0 Å². The molecule has 2 aromatic carbocycles. The number of halogens is 3. The van der Waals surface area contributed by atoms with E-state index in [9.17, 15) is 18.0 Å². The highest BCUT2D eigenvalue weighted by Gasteiger charge is 2.15. The first-order chi connectivity index (χ1) is 9.40. The topological polar surface area (TPSA) is 29.1 Å². The Morgan fingerprint density at radius 2 is 1.60 bits per heavy atom. The summed E-state index contributed by atoms with van der Waals surface area (Å²) in [6, 6.07) is 6.05. The quantitative estimate of drug-likeness (QED) is 0.885. The van der Waals surface area contributed by atoms with E-state index < -0.39 is 29.0 Å². The van der Waals surface area contributed by atoms with Crippen LogP contribution in [-0.2, 0) is 0 Å². The molecular formula is C15H12F3NO. The molecule has 0 unspecified atom stereocenters. The Balaban J connectivity index is 2.32. The van der Waals surface area contributed by atoms with Crippen molar-refractivity contribution in [3.05, 3.63) is 64.5 Å². The zero-order valence-corrected chi connectivity index (χ0v) is 10.9. The van der Waals surface area contributed by atoms with Gasteiger partial charge in [-0.1, -0.05) is 6.07 Å². The first kappa shape index (κ1) is 14.1. The Labute approximate surface area is 114 Å². The van der Waals surface area contributed by atoms with E-state index in [0.29, 0.717) is 0 Å². The van der Waals surface area contributed by atoms with Crippen molar-refractivity contribution in [3.8, 4) is 0 Å². The third-order valence-corrected chi connectivity index (χ3v) is 2.94. The fraction of sp³-hybridized carbons (Fsp3) is 0.133. The van der Waals surface area contributed by atoms with Crippen molar-refractivity contribution in [3.63, 3.8) is 0 Å². The van der Waals surface area contributed by atoms with E-state index in [1.54, 1.807) is 0 Å². The smallest absolute Gasteiger partial charge is 0.255 e. The minimum Gasteiger partial charge on any atom is -0.317 e. The van der Waals surface area contributed by atoms with Gasteiger partial charge in [0.05, 0.1) is 0 Å². The second-order valence-corrected chi connectivity index (χ2v) is 4.47. The number of nitrogens with one attached hydrogen (secondary N) is 1. The van der Waals surface area contributed by atoms with Crippen LogP contribution in [0.1, 0.15) is 21.5 Å². The third kappa shape index (κ3) is 2.66. The zero-order chi connectivity index (χ0) is 14.9. The minimum absolute atomic E-state index is 0.129. The normalized spacial score (nSPS) is 10.4. The van der Waals surface area contributed by atoms with Crippen LogP contribution in [0.4, 0.5) is 18.9 Å². The summed E-state index contributed by atoms with van der Waals surface area (Å²) in [5.41, 5.74) is 0.126. The number of hydrogen-bond donors (Lipinski definition) is 1. The molecule has 0 aliphatic rings. The predicted molar refractivity (Wildman–Crippen MR) is 70.2 cm³/mol. The molecule has 1 N–H and O–H groups in total. The van der Waals surface area contributed by atoms with Gasteiger partial charge in [0.25, 0.3) is 5.91 Å². The lowest BCUT2D eigenvalue weighted by Crippen LogP contribution is -2.15. The van der Waals surface area contributed by atoms with E-state index in [1.807, 2.05) is 0 Å². The summed E-state index contributed by atoms with van der Waals surface area (Å²) in [5.74, 6) is -2.83. The largest absolute Gasteiger partial charge is 0.317 e. The Morgan fingerprint density at radius 1 is 0.950 bits per heavy atom. The Bertz CT molecular complexity index is 683. The van der Waals surface area contributed by atoms with Crippen LogP contribution in [0, 0.1) is 31.3 Å². The summed E-state index contributed by atoms with van der Waals surface area (Å²) >= 11 is 0. The lowest BCUT2D eigenvalue weighted by Gasteiger charge is -2.09. The molecule has 0 atom stereocenters. The molecule has 2 aromatic rings. The minimum atomic E-state index is -0.861. The van der Waals surface area contributed by atoms with Crippen LogP contribution in [0.3, 0.4) is 0 Å². The monoisotopic (exact) mass is 279 g/mol. The molecule has 0 saturated carbocycles. The maximum atomic E-state index is 13.8. The van der Waals surface area contributed by atoms with Gasteiger partial charge in [-0.15, -0.1) is 0 Å². The second kappa shape index (κ2) is 5.36. The number of anilines is 1. The summed E-state index contributed by atoms with van der Waals surface area (Å²) in [5, 5.41) is 2.17. The van der Waals surface area contributed by atoms with E-state index in [-0.39, 0.29) is 16.7 Å². The van der Waals surface area contributed by atoms with Crippen LogP contribution in [0.25, 0.3) is 0 Å². The van der Waals surface area contributed by atoms with Crippen LogP contribution in [0.5, 0.6) is 0 Å². The molecule has 0 aromatic heterocycles. The molecule has 5 heteroatoms. The molecule has 0 aliphatic heterocycles. The van der Waals surface area contributed by atoms with Crippen molar-refractivity contribution in [2.45, 2.75) is 13.8 Å². The standard InChI is InChI=1S/C15H12F3NO/c1-8-3-5-12(17)14(13(8)18)19-15(20)10-4-6-11(16)9(2)7-10/h3-7H,1-2H3,(H,19,20). The number of carbonyl (C=O) groups excluding carboxylic acids is 1. The lowest BCUT2D eigenvalue weighted by atomic mass is 10.1. The fourth-order valence-corrected chi connectivity index (χ4v) is 1.74. The van der Waals surface area contributed by atoms with Crippen LogP contribution < -0.4 is 5.32 Å². The van der Waals surface area contributed by atoms with Crippen molar-refractivity contribution in [1.29, 1.82) is 0 Å². The molecule has 20 heavy (non-hydrogen) atoms. The molecular weight excluding hydrogens is 267 g/mol. The van der Waals surface area contributed by atoms with Gasteiger partial charge in [-0.25, -0.2) is 13.2 Å². The van der Waals surface area contributed by atoms with Gasteiger partial charge >= 0.3 is 0 Å². The van der Waals surface area contributed by atoms with Gasteiger partial charge in [0.2, 0.25) is 0 Å². The van der Waals surface area contributed by atoms with Gasteiger partial charge < -0.3 is 5.32 Å². The highest BCUT2D eigenvalue weighted by atomic mass is 19.1. The maximum absolute atomic E-state index is 13.8. The van der Waals surface area contributed by atoms with Crippen molar-refractivity contribution < 1.29 is 18.0 Å². The van der Waals surface area contributed by atoms with Crippen molar-refractivity contribution in [1.82, 2.24) is 0 Å². The van der Waals surface area contributed by atoms with E-state index in [0.717, 1.165) is 12.1 Å². The highest BCUT2D eigenvalue weighted by molar-refractivity contribution is 6.04. The number of rotatable bonds is 2. The van der Waals surface area contributed by atoms with E-state index >= 15 is 0 Å². The molecule has 0 heterocycles. The molecule has 0 fully saturated rings. The van der Waals surface area contributed by atoms with Crippen molar-refractivity contribution in [2.24, 2.45) is 0 Å². The van der Waals surface area contributed by atoms with E-state index in [4.69, 9.17) is 0 Å². The molecule has 0 saturated heterocycles. The summed E-state index contributed by atoms with van der Waals surface area (Å²) in [6.07, 6.45) is 0. The van der Waals surface area contributed by atoms with Gasteiger partial charge in [-0.3, -0.25) is 4.79 Å². The summed E-state index contributed by atoms with van der Waals surface area (Å²) in [6.45, 7) is 2.96. The van der Waals surface area contributed by atoms with Crippen LogP contribution >= 0.6 is 0 Å². The number of carbonyl (C=O) groups is 1. The summed E-state index contributed by atoms with van der Waals surface area (Å²) in [7, 11) is 0. The molecule has 0 bridgehead atoms. The molecule has 0 spiro atoms. The number of amides is 1. The van der Waals surface area contributed by atoms with E-state index in [1.165, 1.54) is 32.0 Å². The van der Waals surface area contributed by atoms with Gasteiger partial charge in [0, 0.05) is 5.56 Å². The van der Waals surface area contributed by atoms with Crippen molar-refractivity contribution >= 4 is 11.6 Å². The number of hydrogen-bond acceptors (Lipinski definition) is 1. The average molecular weight is 279 g/mol. The van der Waals surface area contributed by atoms with Gasteiger partial charge in [-0.05, 0) is 49.2 Å². The summed E-state index contributed by atoms with van der Waals surface area (Å²) < 4.78 is 40.4. The molecule has 0 aliphatic carbocycles. The lowest BCUT2D eigenvalue weighted by molar-refractivity contribution is 0.102. The number of aryl methyl sites for hydroxylation is 2. The fourth-order valence-electron chi connectivity index (χ4n) is 1.74. The van der Waals surface area contributed by atoms with Crippen LogP contribution in [0.15, 0.2) is 30.3 Å². The Morgan fingerprint density at radius 3 is 2.25 bits per heavy atom. The maximum Gasteiger partial charge on any atom is 0.255 e. The molecule has 1 amide bonds. The number of benzene rings is 2. The molecule has 2 nitrogen and oxygen atoms in total. The molecule has 2 rings (SSSR count). The van der Waals surface area contributed by atoms with Crippen molar-refractivity contribution in [2.75, 3.05) is 5.32 Å². The third-order valence-electron chi connectivity index (χ3n) is 2.94. The van der Waals surface area contributed by atoms with Crippen LogP contribution in [0.2, 0.25) is 0 Å². The zero-order valence-electron chi connectivity index (χ0n) is 10.9. The summed E-state index contributed by atoms with van der Waals surface area (Å²) in [4.78, 5) is 11.9. The Kier molecular flexibility index (Phi) is 3.79. The Hall–Kier alpha value is -2.30. The van der Waals surface area contributed by atoms with Crippen LogP contribution in [-0.4, -0.2) is 5.91 Å².